The predicted octanol–water partition coefficient (Wildman–Crippen LogP) is 4.40. The molecule has 0 radical (unpaired) electrons. The quantitative estimate of drug-likeness (QED) is 0.640. The SMILES string of the molecule is O=C(Cc1csc(NC(=O)c2ccsc2)n1)Nc1ccc(Br)cc1. The molecule has 0 aliphatic rings. The lowest BCUT2D eigenvalue weighted by Gasteiger charge is -2.03. The molecule has 0 atom stereocenters. The molecule has 0 unspecified atom stereocenters. The molecular weight excluding hydrogens is 410 g/mol. The number of thiazole rings is 1. The van der Waals surface area contributed by atoms with Gasteiger partial charge in [-0.1, -0.05) is 15.9 Å². The van der Waals surface area contributed by atoms with Gasteiger partial charge in [0.05, 0.1) is 17.7 Å². The average Bonchev–Trinajstić information content (AvgIpc) is 3.21. The van der Waals surface area contributed by atoms with Gasteiger partial charge in [0.15, 0.2) is 5.13 Å². The molecule has 2 aromatic heterocycles. The van der Waals surface area contributed by atoms with Crippen molar-refractivity contribution < 1.29 is 9.59 Å². The largest absolute Gasteiger partial charge is 0.326 e. The lowest BCUT2D eigenvalue weighted by atomic mass is 10.3. The summed E-state index contributed by atoms with van der Waals surface area (Å²) >= 11 is 6.11. The first-order valence-corrected chi connectivity index (χ1v) is 9.55. The third kappa shape index (κ3) is 4.50. The minimum Gasteiger partial charge on any atom is -0.326 e. The lowest BCUT2D eigenvalue weighted by molar-refractivity contribution is -0.115. The highest BCUT2D eigenvalue weighted by Gasteiger charge is 2.11. The summed E-state index contributed by atoms with van der Waals surface area (Å²) in [4.78, 5) is 28.3. The van der Waals surface area contributed by atoms with Crippen LogP contribution in [0.2, 0.25) is 0 Å². The van der Waals surface area contributed by atoms with Gasteiger partial charge in [-0.05, 0) is 35.7 Å². The predicted molar refractivity (Wildman–Crippen MR) is 101 cm³/mol. The van der Waals surface area contributed by atoms with E-state index in [1.165, 1.54) is 22.7 Å². The second kappa shape index (κ2) is 7.69. The molecular formula is C16H12BrN3O2S2. The summed E-state index contributed by atoms with van der Waals surface area (Å²) in [7, 11) is 0. The summed E-state index contributed by atoms with van der Waals surface area (Å²) in [5, 5.41) is 11.4. The minimum absolute atomic E-state index is 0.154. The first-order valence-electron chi connectivity index (χ1n) is 6.93. The Morgan fingerprint density at radius 2 is 1.88 bits per heavy atom. The molecule has 2 heterocycles. The monoisotopic (exact) mass is 421 g/mol. The number of anilines is 2. The smallest absolute Gasteiger partial charge is 0.258 e. The summed E-state index contributed by atoms with van der Waals surface area (Å²) in [6, 6.07) is 9.10. The van der Waals surface area contributed by atoms with Crippen molar-refractivity contribution in [2.75, 3.05) is 10.6 Å². The minimum atomic E-state index is -0.198. The van der Waals surface area contributed by atoms with Crippen LogP contribution in [0.3, 0.4) is 0 Å². The van der Waals surface area contributed by atoms with E-state index in [1.807, 2.05) is 29.6 Å². The number of rotatable bonds is 5. The van der Waals surface area contributed by atoms with E-state index in [-0.39, 0.29) is 18.2 Å². The van der Waals surface area contributed by atoms with Crippen LogP contribution in [0.4, 0.5) is 10.8 Å². The summed E-state index contributed by atoms with van der Waals surface area (Å²) in [5.74, 6) is -0.352. The number of hydrogen-bond acceptors (Lipinski definition) is 5. The number of aromatic nitrogens is 1. The Labute approximate surface area is 154 Å². The zero-order valence-corrected chi connectivity index (χ0v) is 15.5. The molecule has 0 aliphatic carbocycles. The number of benzene rings is 1. The highest BCUT2D eigenvalue weighted by atomic mass is 79.9. The van der Waals surface area contributed by atoms with Crippen LogP contribution in [0.15, 0.2) is 50.9 Å². The summed E-state index contributed by atoms with van der Waals surface area (Å²) in [5.41, 5.74) is 1.95. The molecule has 1 aromatic carbocycles. The Hall–Kier alpha value is -2.03. The number of nitrogens with zero attached hydrogens (tertiary/aromatic N) is 1. The van der Waals surface area contributed by atoms with Crippen LogP contribution in [0.25, 0.3) is 0 Å². The highest BCUT2D eigenvalue weighted by molar-refractivity contribution is 9.10. The molecule has 5 nitrogen and oxygen atoms in total. The third-order valence-electron chi connectivity index (χ3n) is 3.03. The van der Waals surface area contributed by atoms with Crippen LogP contribution >= 0.6 is 38.6 Å². The second-order valence-corrected chi connectivity index (χ2v) is 7.40. The van der Waals surface area contributed by atoms with Crippen molar-refractivity contribution in [2.24, 2.45) is 0 Å². The maximum atomic E-state index is 12.0. The van der Waals surface area contributed by atoms with E-state index in [4.69, 9.17) is 0 Å². The maximum Gasteiger partial charge on any atom is 0.258 e. The molecule has 24 heavy (non-hydrogen) atoms. The van der Waals surface area contributed by atoms with Crippen molar-refractivity contribution in [3.8, 4) is 0 Å². The van der Waals surface area contributed by atoms with Gasteiger partial charge < -0.3 is 5.32 Å². The number of amides is 2. The zero-order valence-electron chi connectivity index (χ0n) is 12.3. The first-order chi connectivity index (χ1) is 11.6. The third-order valence-corrected chi connectivity index (χ3v) is 5.04. The van der Waals surface area contributed by atoms with Gasteiger partial charge in [0.1, 0.15) is 0 Å². The van der Waals surface area contributed by atoms with Gasteiger partial charge >= 0.3 is 0 Å². The van der Waals surface area contributed by atoms with E-state index >= 15 is 0 Å². The lowest BCUT2D eigenvalue weighted by Crippen LogP contribution is -2.15. The fourth-order valence-corrected chi connectivity index (χ4v) is 3.52. The van der Waals surface area contributed by atoms with Gasteiger partial charge in [0.25, 0.3) is 5.91 Å². The van der Waals surface area contributed by atoms with Gasteiger partial charge in [0.2, 0.25) is 5.91 Å². The van der Waals surface area contributed by atoms with Crippen LogP contribution in [-0.4, -0.2) is 16.8 Å². The van der Waals surface area contributed by atoms with Crippen LogP contribution in [0.1, 0.15) is 16.1 Å². The number of carbonyl (C=O) groups is 2. The maximum absolute atomic E-state index is 12.0. The number of nitrogens with one attached hydrogen (secondary N) is 2. The molecule has 2 N–H and O–H groups in total. The average molecular weight is 422 g/mol. The van der Waals surface area contributed by atoms with E-state index in [0.717, 1.165) is 10.2 Å². The Morgan fingerprint density at radius 3 is 2.58 bits per heavy atom. The fourth-order valence-electron chi connectivity index (χ4n) is 1.91. The molecule has 0 aliphatic heterocycles. The number of carbonyl (C=O) groups excluding carboxylic acids is 2. The highest BCUT2D eigenvalue weighted by Crippen LogP contribution is 2.19. The van der Waals surface area contributed by atoms with Crippen molar-refractivity contribution in [2.45, 2.75) is 6.42 Å². The van der Waals surface area contributed by atoms with Crippen LogP contribution in [-0.2, 0) is 11.2 Å². The Bertz CT molecular complexity index is 845. The summed E-state index contributed by atoms with van der Waals surface area (Å²) < 4.78 is 0.950. The molecule has 0 saturated carbocycles. The summed E-state index contributed by atoms with van der Waals surface area (Å²) in [6.07, 6.45) is 0.154. The molecule has 8 heteroatoms. The Morgan fingerprint density at radius 1 is 1.08 bits per heavy atom. The fraction of sp³-hybridized carbons (Fsp3) is 0.0625. The Kier molecular flexibility index (Phi) is 5.39. The van der Waals surface area contributed by atoms with E-state index in [1.54, 1.807) is 16.8 Å². The van der Waals surface area contributed by atoms with Crippen LogP contribution in [0.5, 0.6) is 0 Å². The van der Waals surface area contributed by atoms with Crippen molar-refractivity contribution in [1.29, 1.82) is 0 Å². The standard InChI is InChI=1S/C16H12BrN3O2S2/c17-11-1-3-12(4-2-11)18-14(21)7-13-9-24-16(19-13)20-15(22)10-5-6-23-8-10/h1-6,8-9H,7H2,(H,18,21)(H,19,20,22). The van der Waals surface area contributed by atoms with Crippen LogP contribution in [0, 0.1) is 0 Å². The molecule has 3 aromatic rings. The molecule has 0 fully saturated rings. The van der Waals surface area contributed by atoms with Crippen molar-refractivity contribution in [3.63, 3.8) is 0 Å². The van der Waals surface area contributed by atoms with E-state index in [2.05, 4.69) is 31.5 Å². The van der Waals surface area contributed by atoms with E-state index in [9.17, 15) is 9.59 Å². The van der Waals surface area contributed by atoms with Crippen molar-refractivity contribution in [3.05, 3.63) is 62.2 Å². The topological polar surface area (TPSA) is 71.1 Å². The number of hydrogen-bond donors (Lipinski definition) is 2. The molecule has 3 rings (SSSR count). The van der Waals surface area contributed by atoms with Crippen molar-refractivity contribution >= 4 is 61.2 Å². The van der Waals surface area contributed by atoms with Gasteiger partial charge in [-0.2, -0.15) is 11.3 Å². The molecule has 0 spiro atoms. The number of thiophene rings is 1. The molecule has 0 bridgehead atoms. The van der Waals surface area contributed by atoms with E-state index < -0.39 is 0 Å². The van der Waals surface area contributed by atoms with Gasteiger partial charge in [-0.25, -0.2) is 4.98 Å². The normalized spacial score (nSPS) is 10.4. The summed E-state index contributed by atoms with van der Waals surface area (Å²) in [6.45, 7) is 0. The van der Waals surface area contributed by atoms with Gasteiger partial charge in [0, 0.05) is 20.9 Å². The number of halogens is 1. The zero-order chi connectivity index (χ0) is 16.9. The van der Waals surface area contributed by atoms with Crippen LogP contribution < -0.4 is 10.6 Å². The van der Waals surface area contributed by atoms with E-state index in [0.29, 0.717) is 16.4 Å². The first kappa shape index (κ1) is 16.8. The molecule has 122 valence electrons. The Balaban J connectivity index is 1.56. The van der Waals surface area contributed by atoms with Gasteiger partial charge in [-0.3, -0.25) is 14.9 Å². The van der Waals surface area contributed by atoms with Crippen molar-refractivity contribution in [1.82, 2.24) is 4.98 Å². The molecule has 0 saturated heterocycles. The van der Waals surface area contributed by atoms with Gasteiger partial charge in [-0.15, -0.1) is 11.3 Å². The molecule has 2 amide bonds. The second-order valence-electron chi connectivity index (χ2n) is 4.84.